The Balaban J connectivity index is 1.33. The first-order chi connectivity index (χ1) is 16.7. The summed E-state index contributed by atoms with van der Waals surface area (Å²) in [4.78, 5) is 35.7. The predicted molar refractivity (Wildman–Crippen MR) is 121 cm³/mol. The van der Waals surface area contributed by atoms with Gasteiger partial charge < -0.3 is 25.2 Å². The molecular formula is C25H26F2N2O6. The van der Waals surface area contributed by atoms with Crippen LogP contribution in [0, 0.1) is 0 Å². The Morgan fingerprint density at radius 2 is 1.60 bits per heavy atom. The van der Waals surface area contributed by atoms with Crippen molar-refractivity contribution in [3.63, 3.8) is 0 Å². The number of carbonyl (C=O) groups excluding carboxylic acids is 2. The average molecular weight is 488 g/mol. The molecule has 8 nitrogen and oxygen atoms in total. The molecule has 1 aliphatic heterocycles. The van der Waals surface area contributed by atoms with Gasteiger partial charge in [0.15, 0.2) is 0 Å². The fraction of sp³-hybridized carbons (Fsp3) is 0.400. The van der Waals surface area contributed by atoms with E-state index in [1.54, 1.807) is 0 Å². The fourth-order valence-corrected chi connectivity index (χ4v) is 4.64. The molecule has 1 heterocycles. The zero-order chi connectivity index (χ0) is 25.1. The van der Waals surface area contributed by atoms with E-state index in [0.29, 0.717) is 0 Å². The molecule has 2 aromatic carbocycles. The van der Waals surface area contributed by atoms with Gasteiger partial charge in [0.1, 0.15) is 6.61 Å². The molecule has 35 heavy (non-hydrogen) atoms. The standard InChI is InChI=1S/C25H26F2N2O6/c26-25(27,22(32)29-24(13-21(30)31)9-11-34-12-10-24)15-28-23(33)35-14-20-18-7-3-1-5-16(18)17-6-2-4-8-19(17)20/h1-8,20H,9-15H2,(H,28,33)(H,29,32)(H,30,31). The van der Waals surface area contributed by atoms with E-state index in [0.717, 1.165) is 22.3 Å². The Hall–Kier alpha value is -3.53. The maximum atomic E-state index is 14.5. The molecule has 2 aliphatic rings. The number of hydrogen-bond donors (Lipinski definition) is 3. The van der Waals surface area contributed by atoms with E-state index in [1.807, 2.05) is 53.8 Å². The van der Waals surface area contributed by atoms with Crippen molar-refractivity contribution in [3.05, 3.63) is 59.7 Å². The Labute approximate surface area is 200 Å². The minimum atomic E-state index is -3.96. The summed E-state index contributed by atoms with van der Waals surface area (Å²) < 4.78 is 39.4. The summed E-state index contributed by atoms with van der Waals surface area (Å²) in [6.07, 6.45) is -1.38. The molecule has 0 saturated carbocycles. The molecule has 1 aliphatic carbocycles. The highest BCUT2D eigenvalue weighted by atomic mass is 19.3. The van der Waals surface area contributed by atoms with Gasteiger partial charge in [-0.15, -0.1) is 0 Å². The molecule has 0 radical (unpaired) electrons. The third-order valence-corrected chi connectivity index (χ3v) is 6.45. The van der Waals surface area contributed by atoms with Crippen LogP contribution < -0.4 is 10.6 Å². The molecule has 1 fully saturated rings. The van der Waals surface area contributed by atoms with Crippen LogP contribution in [0.5, 0.6) is 0 Å². The summed E-state index contributed by atoms with van der Waals surface area (Å²) in [5, 5.41) is 13.3. The molecule has 0 bridgehead atoms. The summed E-state index contributed by atoms with van der Waals surface area (Å²) in [7, 11) is 0. The van der Waals surface area contributed by atoms with Crippen molar-refractivity contribution in [3.8, 4) is 11.1 Å². The molecule has 186 valence electrons. The lowest BCUT2D eigenvalue weighted by Crippen LogP contribution is -2.59. The molecule has 3 N–H and O–H groups in total. The van der Waals surface area contributed by atoms with Crippen molar-refractivity contribution in [2.45, 2.75) is 36.6 Å². The van der Waals surface area contributed by atoms with E-state index in [1.165, 1.54) is 0 Å². The van der Waals surface area contributed by atoms with Crippen molar-refractivity contribution >= 4 is 18.0 Å². The van der Waals surface area contributed by atoms with E-state index in [-0.39, 0.29) is 38.6 Å². The number of alkyl halides is 2. The highest BCUT2D eigenvalue weighted by molar-refractivity contribution is 5.85. The Morgan fingerprint density at radius 3 is 2.17 bits per heavy atom. The second kappa shape index (κ2) is 9.99. The van der Waals surface area contributed by atoms with Crippen LogP contribution in [-0.2, 0) is 19.1 Å². The number of fused-ring (bicyclic) bond motifs is 3. The number of carboxylic acids is 1. The van der Waals surface area contributed by atoms with Crippen LogP contribution in [-0.4, -0.2) is 60.9 Å². The van der Waals surface area contributed by atoms with Crippen LogP contribution >= 0.6 is 0 Å². The first kappa shape index (κ1) is 24.6. The summed E-state index contributed by atoms with van der Waals surface area (Å²) >= 11 is 0. The number of alkyl carbamates (subject to hydrolysis) is 1. The SMILES string of the molecule is O=C(O)CC1(NC(=O)C(F)(F)CNC(=O)OCC2c3ccccc3-c3ccccc32)CCOCC1. The molecule has 1 saturated heterocycles. The van der Waals surface area contributed by atoms with Crippen LogP contribution in [0.25, 0.3) is 11.1 Å². The van der Waals surface area contributed by atoms with Crippen molar-refractivity contribution in [1.82, 2.24) is 10.6 Å². The summed E-state index contributed by atoms with van der Waals surface area (Å²) in [6, 6.07) is 15.4. The van der Waals surface area contributed by atoms with Gasteiger partial charge in [-0.25, -0.2) is 4.79 Å². The van der Waals surface area contributed by atoms with Gasteiger partial charge in [0.25, 0.3) is 5.91 Å². The van der Waals surface area contributed by atoms with Gasteiger partial charge >= 0.3 is 18.0 Å². The van der Waals surface area contributed by atoms with Crippen molar-refractivity contribution in [2.24, 2.45) is 0 Å². The number of aliphatic carboxylic acids is 1. The molecule has 2 aromatic rings. The van der Waals surface area contributed by atoms with Crippen molar-refractivity contribution in [1.29, 1.82) is 0 Å². The molecule has 4 rings (SSSR count). The summed E-state index contributed by atoms with van der Waals surface area (Å²) in [5.74, 6) is -7.07. The largest absolute Gasteiger partial charge is 0.481 e. The lowest BCUT2D eigenvalue weighted by molar-refractivity contribution is -0.150. The maximum absolute atomic E-state index is 14.5. The van der Waals surface area contributed by atoms with E-state index in [2.05, 4.69) is 5.32 Å². The highest BCUT2D eigenvalue weighted by Crippen LogP contribution is 2.44. The van der Waals surface area contributed by atoms with Crippen LogP contribution in [0.2, 0.25) is 0 Å². The number of amides is 2. The summed E-state index contributed by atoms with van der Waals surface area (Å²) in [5.41, 5.74) is 2.69. The molecule has 2 amide bonds. The van der Waals surface area contributed by atoms with E-state index >= 15 is 0 Å². The topological polar surface area (TPSA) is 114 Å². The van der Waals surface area contributed by atoms with Gasteiger partial charge in [-0.05, 0) is 35.1 Å². The zero-order valence-electron chi connectivity index (χ0n) is 18.9. The first-order valence-electron chi connectivity index (χ1n) is 11.3. The van der Waals surface area contributed by atoms with Gasteiger partial charge in [0.2, 0.25) is 0 Å². The number of carboxylic acid groups (broad SMARTS) is 1. The van der Waals surface area contributed by atoms with Gasteiger partial charge in [-0.1, -0.05) is 48.5 Å². The number of benzene rings is 2. The predicted octanol–water partition coefficient (Wildman–Crippen LogP) is 3.30. The van der Waals surface area contributed by atoms with E-state index < -0.39 is 42.4 Å². The third kappa shape index (κ3) is 5.43. The smallest absolute Gasteiger partial charge is 0.407 e. The van der Waals surface area contributed by atoms with Gasteiger partial charge in [0.05, 0.1) is 18.5 Å². The third-order valence-electron chi connectivity index (χ3n) is 6.45. The first-order valence-corrected chi connectivity index (χ1v) is 11.3. The zero-order valence-corrected chi connectivity index (χ0v) is 18.9. The van der Waals surface area contributed by atoms with E-state index in [9.17, 15) is 23.2 Å². The number of nitrogens with one attached hydrogen (secondary N) is 2. The number of hydrogen-bond acceptors (Lipinski definition) is 5. The van der Waals surface area contributed by atoms with Crippen LogP contribution in [0.4, 0.5) is 13.6 Å². The van der Waals surface area contributed by atoms with Crippen LogP contribution in [0.1, 0.15) is 36.3 Å². The van der Waals surface area contributed by atoms with Gasteiger partial charge in [0, 0.05) is 19.1 Å². The maximum Gasteiger partial charge on any atom is 0.407 e. The Bertz CT molecular complexity index is 1070. The number of carbonyl (C=O) groups is 3. The van der Waals surface area contributed by atoms with Crippen molar-refractivity contribution in [2.75, 3.05) is 26.4 Å². The van der Waals surface area contributed by atoms with Crippen molar-refractivity contribution < 1.29 is 37.7 Å². The molecule has 0 spiro atoms. The quantitative estimate of drug-likeness (QED) is 0.526. The van der Waals surface area contributed by atoms with Gasteiger partial charge in [-0.2, -0.15) is 8.78 Å². The van der Waals surface area contributed by atoms with Crippen LogP contribution in [0.3, 0.4) is 0 Å². The monoisotopic (exact) mass is 488 g/mol. The second-order valence-corrected chi connectivity index (χ2v) is 8.80. The molecule has 0 atom stereocenters. The normalized spacial score (nSPS) is 16.6. The number of halogens is 2. The Kier molecular flexibility index (Phi) is 7.02. The highest BCUT2D eigenvalue weighted by Gasteiger charge is 2.45. The molecular weight excluding hydrogens is 462 g/mol. The molecule has 0 unspecified atom stereocenters. The minimum Gasteiger partial charge on any atom is -0.481 e. The lowest BCUT2D eigenvalue weighted by atomic mass is 9.86. The van der Waals surface area contributed by atoms with E-state index in [4.69, 9.17) is 14.6 Å². The molecule has 0 aromatic heterocycles. The minimum absolute atomic E-state index is 0.0562. The average Bonchev–Trinajstić information content (AvgIpc) is 3.15. The fourth-order valence-electron chi connectivity index (χ4n) is 4.64. The van der Waals surface area contributed by atoms with Crippen LogP contribution in [0.15, 0.2) is 48.5 Å². The lowest BCUT2D eigenvalue weighted by Gasteiger charge is -2.37. The number of rotatable bonds is 8. The second-order valence-electron chi connectivity index (χ2n) is 8.80. The number of ether oxygens (including phenoxy) is 2. The summed E-state index contributed by atoms with van der Waals surface area (Å²) in [6.45, 7) is -1.04. The Morgan fingerprint density at radius 1 is 1.03 bits per heavy atom. The molecule has 10 heteroatoms. The van der Waals surface area contributed by atoms with Gasteiger partial charge in [-0.3, -0.25) is 9.59 Å².